The highest BCUT2D eigenvalue weighted by Crippen LogP contribution is 2.36. The lowest BCUT2D eigenvalue weighted by atomic mass is 10.0. The minimum Gasteiger partial charge on any atom is -0.598 e. The standard InChI is InChI=1S/C15H20BrF2NO2S/c1-5-7-11(19-22(20)15(2,3)4)13-10(16)8-6-9-12(13)21-14(17)18/h5-6,8-9,11,14,19H,1,7H2,2-4H3. The number of alkyl halides is 2. The van der Waals surface area contributed by atoms with E-state index < -0.39 is 28.8 Å². The summed E-state index contributed by atoms with van der Waals surface area (Å²) < 4.78 is 45.2. The van der Waals surface area contributed by atoms with Crippen LogP contribution in [0.4, 0.5) is 8.78 Å². The van der Waals surface area contributed by atoms with Gasteiger partial charge in [0.15, 0.2) is 0 Å². The van der Waals surface area contributed by atoms with Crippen LogP contribution in [-0.4, -0.2) is 15.9 Å². The first-order valence-corrected chi connectivity index (χ1v) is 8.63. The van der Waals surface area contributed by atoms with Crippen molar-refractivity contribution < 1.29 is 18.1 Å². The molecule has 3 nitrogen and oxygen atoms in total. The van der Waals surface area contributed by atoms with Gasteiger partial charge < -0.3 is 9.29 Å². The zero-order chi connectivity index (χ0) is 16.9. The minimum atomic E-state index is -2.93. The number of nitrogens with one attached hydrogen (secondary N) is 1. The van der Waals surface area contributed by atoms with E-state index in [4.69, 9.17) is 0 Å². The number of ether oxygens (including phenoxy) is 1. The monoisotopic (exact) mass is 395 g/mol. The van der Waals surface area contributed by atoms with Gasteiger partial charge in [0.2, 0.25) is 0 Å². The third-order valence-electron chi connectivity index (χ3n) is 2.79. The van der Waals surface area contributed by atoms with Crippen molar-refractivity contribution in [2.24, 2.45) is 0 Å². The first kappa shape index (κ1) is 19.4. The SMILES string of the molecule is C=CCC(N[S+]([O-])C(C)(C)C)c1c(Br)cccc1OC(F)F. The van der Waals surface area contributed by atoms with E-state index in [1.165, 1.54) is 6.07 Å². The molecule has 0 amide bonds. The molecule has 0 bridgehead atoms. The van der Waals surface area contributed by atoms with Gasteiger partial charge in [-0.25, -0.2) is 0 Å². The summed E-state index contributed by atoms with van der Waals surface area (Å²) in [5, 5.41) is 0. The molecule has 0 spiro atoms. The molecule has 124 valence electrons. The quantitative estimate of drug-likeness (QED) is 0.536. The summed E-state index contributed by atoms with van der Waals surface area (Å²) in [5.74, 6) is 0.0506. The van der Waals surface area contributed by atoms with E-state index in [-0.39, 0.29) is 5.75 Å². The molecule has 7 heteroatoms. The third-order valence-corrected chi connectivity index (χ3v) is 5.09. The minimum absolute atomic E-state index is 0.0506. The van der Waals surface area contributed by atoms with Gasteiger partial charge in [0, 0.05) is 21.4 Å². The Labute approximate surface area is 141 Å². The van der Waals surface area contributed by atoms with Crippen LogP contribution >= 0.6 is 15.9 Å². The summed E-state index contributed by atoms with van der Waals surface area (Å²) in [7, 11) is 0. The lowest BCUT2D eigenvalue weighted by Gasteiger charge is -2.29. The van der Waals surface area contributed by atoms with Crippen molar-refractivity contribution in [3.05, 3.63) is 40.9 Å². The fourth-order valence-corrected chi connectivity index (χ4v) is 3.20. The van der Waals surface area contributed by atoms with E-state index >= 15 is 0 Å². The Morgan fingerprint density at radius 3 is 2.59 bits per heavy atom. The summed E-state index contributed by atoms with van der Waals surface area (Å²) in [5.41, 5.74) is 0.500. The van der Waals surface area contributed by atoms with Crippen molar-refractivity contribution in [2.75, 3.05) is 0 Å². The number of benzene rings is 1. The van der Waals surface area contributed by atoms with Gasteiger partial charge in [0.05, 0.1) is 6.04 Å². The molecule has 0 saturated carbocycles. The average Bonchev–Trinajstić information content (AvgIpc) is 2.36. The molecule has 0 heterocycles. The second-order valence-corrected chi connectivity index (χ2v) is 8.46. The molecular weight excluding hydrogens is 376 g/mol. The molecule has 0 aliphatic heterocycles. The van der Waals surface area contributed by atoms with Crippen LogP contribution in [0.5, 0.6) is 5.75 Å². The van der Waals surface area contributed by atoms with E-state index in [0.29, 0.717) is 16.5 Å². The summed E-state index contributed by atoms with van der Waals surface area (Å²) in [6, 6.07) is 4.34. The smallest absolute Gasteiger partial charge is 0.387 e. The van der Waals surface area contributed by atoms with E-state index in [9.17, 15) is 13.3 Å². The topological polar surface area (TPSA) is 44.3 Å². The molecule has 1 N–H and O–H groups in total. The number of hydrogen-bond acceptors (Lipinski definition) is 3. The van der Waals surface area contributed by atoms with Crippen molar-refractivity contribution in [2.45, 2.75) is 44.6 Å². The molecule has 2 unspecified atom stereocenters. The third kappa shape index (κ3) is 5.53. The summed E-state index contributed by atoms with van der Waals surface area (Å²) >= 11 is 1.99. The van der Waals surface area contributed by atoms with Gasteiger partial charge in [0.1, 0.15) is 10.5 Å². The lowest BCUT2D eigenvalue weighted by molar-refractivity contribution is -0.0507. The molecule has 1 aromatic rings. The maximum absolute atomic E-state index is 12.6. The van der Waals surface area contributed by atoms with E-state index in [0.717, 1.165) is 0 Å². The Kier molecular flexibility index (Phi) is 7.31. The van der Waals surface area contributed by atoms with E-state index in [2.05, 4.69) is 32.0 Å². The van der Waals surface area contributed by atoms with E-state index in [1.54, 1.807) is 18.2 Å². The average molecular weight is 396 g/mol. The Hall–Kier alpha value is -0.630. The molecule has 0 saturated heterocycles. The fraction of sp³-hybridized carbons (Fsp3) is 0.467. The molecule has 1 aromatic carbocycles. The highest BCUT2D eigenvalue weighted by atomic mass is 79.9. The summed E-state index contributed by atoms with van der Waals surface area (Å²) in [6.07, 6.45) is 2.06. The maximum Gasteiger partial charge on any atom is 0.387 e. The van der Waals surface area contributed by atoms with Crippen LogP contribution in [0.2, 0.25) is 0 Å². The van der Waals surface area contributed by atoms with Gasteiger partial charge in [-0.3, -0.25) is 0 Å². The maximum atomic E-state index is 12.6. The number of hydrogen-bond donors (Lipinski definition) is 1. The number of rotatable bonds is 7. The van der Waals surface area contributed by atoms with Crippen LogP contribution in [0, 0.1) is 0 Å². The van der Waals surface area contributed by atoms with Crippen molar-refractivity contribution in [3.63, 3.8) is 0 Å². The largest absolute Gasteiger partial charge is 0.598 e. The van der Waals surface area contributed by atoms with Crippen molar-refractivity contribution in [1.82, 2.24) is 4.72 Å². The summed E-state index contributed by atoms with van der Waals surface area (Å²) in [6.45, 7) is 6.24. The van der Waals surface area contributed by atoms with Gasteiger partial charge in [-0.1, -0.05) is 28.1 Å². The molecule has 0 fully saturated rings. The van der Waals surface area contributed by atoms with Gasteiger partial charge in [0.25, 0.3) is 0 Å². The highest BCUT2D eigenvalue weighted by molar-refractivity contribution is 9.10. The van der Waals surface area contributed by atoms with Crippen LogP contribution in [0.3, 0.4) is 0 Å². The Morgan fingerprint density at radius 2 is 2.09 bits per heavy atom. The zero-order valence-corrected chi connectivity index (χ0v) is 15.1. The summed E-state index contributed by atoms with van der Waals surface area (Å²) in [4.78, 5) is 0. The lowest BCUT2D eigenvalue weighted by Crippen LogP contribution is -2.41. The van der Waals surface area contributed by atoms with E-state index in [1.807, 2.05) is 20.8 Å². The molecular formula is C15H20BrF2NO2S. The predicted molar refractivity (Wildman–Crippen MR) is 89.4 cm³/mol. The van der Waals surface area contributed by atoms with Gasteiger partial charge in [-0.2, -0.15) is 8.78 Å². The zero-order valence-electron chi connectivity index (χ0n) is 12.7. The first-order chi connectivity index (χ1) is 10.2. The predicted octanol–water partition coefficient (Wildman–Crippen LogP) is 4.72. The fourth-order valence-electron chi connectivity index (χ4n) is 1.75. The Bertz CT molecular complexity index is 509. The van der Waals surface area contributed by atoms with Gasteiger partial charge >= 0.3 is 6.61 Å². The molecule has 22 heavy (non-hydrogen) atoms. The normalized spacial score (nSPS) is 14.7. The molecule has 0 aromatic heterocycles. The van der Waals surface area contributed by atoms with Crippen LogP contribution in [-0.2, 0) is 11.4 Å². The molecule has 0 aliphatic rings. The van der Waals surface area contributed by atoms with Crippen LogP contribution in [0.15, 0.2) is 35.3 Å². The Balaban J connectivity index is 3.17. The second-order valence-electron chi connectivity index (χ2n) is 5.61. The van der Waals surface area contributed by atoms with Crippen molar-refractivity contribution in [1.29, 1.82) is 0 Å². The van der Waals surface area contributed by atoms with Crippen molar-refractivity contribution in [3.8, 4) is 5.75 Å². The second kappa shape index (κ2) is 8.29. The molecule has 0 aliphatic carbocycles. The highest BCUT2D eigenvalue weighted by Gasteiger charge is 2.31. The van der Waals surface area contributed by atoms with Crippen LogP contribution in [0.1, 0.15) is 38.8 Å². The van der Waals surface area contributed by atoms with Gasteiger partial charge in [-0.05, 0) is 39.3 Å². The number of halogens is 3. The molecule has 1 rings (SSSR count). The molecule has 0 radical (unpaired) electrons. The van der Waals surface area contributed by atoms with Gasteiger partial charge in [-0.15, -0.1) is 11.3 Å². The first-order valence-electron chi connectivity index (χ1n) is 6.69. The van der Waals surface area contributed by atoms with Crippen LogP contribution < -0.4 is 9.46 Å². The Morgan fingerprint density at radius 1 is 1.45 bits per heavy atom. The van der Waals surface area contributed by atoms with Crippen molar-refractivity contribution >= 4 is 27.3 Å². The van der Waals surface area contributed by atoms with Crippen LogP contribution in [0.25, 0.3) is 0 Å². The molecule has 2 atom stereocenters.